The summed E-state index contributed by atoms with van der Waals surface area (Å²) in [6.45, 7) is 3.08. The first-order chi connectivity index (χ1) is 15.4. The molecule has 0 amide bonds. The van der Waals surface area contributed by atoms with Crippen molar-refractivity contribution in [3.8, 4) is 16.9 Å². The van der Waals surface area contributed by atoms with E-state index in [2.05, 4.69) is 4.72 Å². The van der Waals surface area contributed by atoms with Crippen LogP contribution in [-0.4, -0.2) is 37.1 Å². The molecule has 0 radical (unpaired) electrons. The molecule has 0 heterocycles. The van der Waals surface area contributed by atoms with Crippen LogP contribution < -0.4 is 15.2 Å². The number of nitrogens with two attached hydrogens (primary N) is 1. The van der Waals surface area contributed by atoms with Gasteiger partial charge in [0.2, 0.25) is 10.0 Å². The van der Waals surface area contributed by atoms with E-state index in [1.165, 1.54) is 44.2 Å². The Morgan fingerprint density at radius 1 is 0.970 bits per heavy atom. The van der Waals surface area contributed by atoms with Crippen LogP contribution in [-0.2, 0) is 14.6 Å². The Morgan fingerprint density at radius 2 is 1.45 bits per heavy atom. The van der Waals surface area contributed by atoms with Gasteiger partial charge >= 0.3 is 7.60 Å². The van der Waals surface area contributed by atoms with E-state index in [1.54, 1.807) is 45.2 Å². The fourth-order valence-electron chi connectivity index (χ4n) is 3.56. The maximum Gasteiger partial charge on any atom is 0.343 e. The minimum atomic E-state index is -4.62. The number of sulfonamides is 1. The average molecular weight is 499 g/mol. The van der Waals surface area contributed by atoms with Gasteiger partial charge in [0.25, 0.3) is 0 Å². The van der Waals surface area contributed by atoms with Crippen molar-refractivity contribution in [2.75, 3.05) is 7.11 Å². The monoisotopic (exact) mass is 498 g/mol. The molecule has 10 heteroatoms. The second-order valence-corrected chi connectivity index (χ2v) is 12.0. The van der Waals surface area contributed by atoms with Gasteiger partial charge in [0.1, 0.15) is 11.5 Å². The van der Waals surface area contributed by atoms with Gasteiger partial charge in [-0.3, -0.25) is 4.57 Å². The number of ether oxygens (including phenoxy) is 1. The van der Waals surface area contributed by atoms with E-state index in [1.807, 2.05) is 12.1 Å². The van der Waals surface area contributed by atoms with E-state index < -0.39 is 29.3 Å². The van der Waals surface area contributed by atoms with E-state index in [0.717, 1.165) is 11.1 Å². The molecule has 0 bridgehead atoms. The Kier molecular flexibility index (Phi) is 10.1. The molecule has 2 aromatic carbocycles. The molecular formula is C23H35N2O6PS. The molecule has 1 aliphatic carbocycles. The predicted molar refractivity (Wildman–Crippen MR) is 130 cm³/mol. The zero-order valence-electron chi connectivity index (χ0n) is 19.3. The largest absolute Gasteiger partial charge is 0.497 e. The van der Waals surface area contributed by atoms with E-state index in [4.69, 9.17) is 10.5 Å². The Hall–Kier alpha value is -1.74. The van der Waals surface area contributed by atoms with Gasteiger partial charge in [-0.15, -0.1) is 0 Å². The molecule has 184 valence electrons. The summed E-state index contributed by atoms with van der Waals surface area (Å²) in [5, 5.41) is 0. The van der Waals surface area contributed by atoms with Crippen LogP contribution in [0.2, 0.25) is 0 Å². The fraction of sp³-hybridized carbons (Fsp3) is 0.478. The van der Waals surface area contributed by atoms with Gasteiger partial charge in [0, 0.05) is 6.04 Å². The lowest BCUT2D eigenvalue weighted by Crippen LogP contribution is -2.38. The molecule has 0 aliphatic heterocycles. The van der Waals surface area contributed by atoms with Crippen LogP contribution in [0.25, 0.3) is 11.1 Å². The summed E-state index contributed by atoms with van der Waals surface area (Å²) < 4.78 is 43.7. The van der Waals surface area contributed by atoms with Gasteiger partial charge < -0.3 is 20.3 Å². The van der Waals surface area contributed by atoms with Crippen LogP contribution in [0.15, 0.2) is 53.4 Å². The van der Waals surface area contributed by atoms with E-state index in [0.29, 0.717) is 11.8 Å². The quantitative estimate of drug-likeness (QED) is 0.422. The van der Waals surface area contributed by atoms with Crippen molar-refractivity contribution in [2.45, 2.75) is 62.7 Å². The van der Waals surface area contributed by atoms with Crippen LogP contribution in [0.5, 0.6) is 5.75 Å². The second kappa shape index (κ2) is 12.1. The highest BCUT2D eigenvalue weighted by atomic mass is 32.2. The SMILES string of the molecule is COc1ccc(-c2ccc(S(=O)(=O)N[C@@H](C(C)C)P(=O)(O)O)cc2)cc1.NC1CCCCC1. The maximum absolute atomic E-state index is 12.5. The number of hydrogen-bond donors (Lipinski definition) is 4. The summed E-state index contributed by atoms with van der Waals surface area (Å²) in [6, 6.07) is 13.9. The third kappa shape index (κ3) is 8.52. The highest BCUT2D eigenvalue weighted by molar-refractivity contribution is 7.89. The zero-order valence-corrected chi connectivity index (χ0v) is 21.1. The number of benzene rings is 2. The number of methoxy groups -OCH3 is 1. The topological polar surface area (TPSA) is 139 Å². The van der Waals surface area contributed by atoms with Crippen molar-refractivity contribution in [1.29, 1.82) is 0 Å². The molecule has 0 saturated heterocycles. The Labute approximate surface area is 196 Å². The lowest BCUT2D eigenvalue weighted by molar-refractivity contribution is 0.336. The summed E-state index contributed by atoms with van der Waals surface area (Å²) in [4.78, 5) is 18.7. The van der Waals surface area contributed by atoms with Crippen molar-refractivity contribution < 1.29 is 27.5 Å². The lowest BCUT2D eigenvalue weighted by Gasteiger charge is -2.23. The van der Waals surface area contributed by atoms with Gasteiger partial charge in [-0.25, -0.2) is 8.42 Å². The van der Waals surface area contributed by atoms with Crippen LogP contribution in [0.4, 0.5) is 0 Å². The van der Waals surface area contributed by atoms with E-state index in [9.17, 15) is 22.8 Å². The molecule has 33 heavy (non-hydrogen) atoms. The third-order valence-corrected chi connectivity index (χ3v) is 8.59. The Balaban J connectivity index is 0.000000468. The van der Waals surface area contributed by atoms with Crippen molar-refractivity contribution in [3.05, 3.63) is 48.5 Å². The van der Waals surface area contributed by atoms with Crippen molar-refractivity contribution in [2.24, 2.45) is 11.7 Å². The van der Waals surface area contributed by atoms with Gasteiger partial charge in [-0.2, -0.15) is 4.72 Å². The summed E-state index contributed by atoms with van der Waals surface area (Å²) >= 11 is 0. The molecule has 5 N–H and O–H groups in total. The van der Waals surface area contributed by atoms with Gasteiger partial charge in [0.15, 0.2) is 0 Å². The van der Waals surface area contributed by atoms with Gasteiger partial charge in [-0.05, 0) is 54.2 Å². The standard InChI is InChI=1S/C17H22NO6PS.C6H13N/c1-12(2)17(25(19,20)21)18-26(22,23)16-10-6-14(7-11-16)13-4-8-15(24-3)9-5-13;7-6-4-2-1-3-5-6/h4-12,17-18H,1-3H3,(H2,19,20,21);6H,1-5,7H2/t17-;/m1./s1. The van der Waals surface area contributed by atoms with Crippen molar-refractivity contribution in [1.82, 2.24) is 4.72 Å². The lowest BCUT2D eigenvalue weighted by atomic mass is 9.97. The summed E-state index contributed by atoms with van der Waals surface area (Å²) in [5.74, 6) is -1.33. The third-order valence-electron chi connectivity index (χ3n) is 5.51. The Bertz CT molecular complexity index is 1010. The summed E-state index contributed by atoms with van der Waals surface area (Å²) in [5.41, 5.74) is 7.33. The van der Waals surface area contributed by atoms with E-state index >= 15 is 0 Å². The van der Waals surface area contributed by atoms with Crippen molar-refractivity contribution in [3.63, 3.8) is 0 Å². The molecule has 1 atom stereocenters. The van der Waals surface area contributed by atoms with Gasteiger partial charge in [0.05, 0.1) is 12.0 Å². The molecule has 1 fully saturated rings. The molecule has 1 aliphatic rings. The van der Waals surface area contributed by atoms with Crippen LogP contribution >= 0.6 is 7.60 Å². The smallest absolute Gasteiger partial charge is 0.343 e. The van der Waals surface area contributed by atoms with Crippen LogP contribution in [0, 0.1) is 5.92 Å². The normalized spacial score (nSPS) is 16.1. The summed E-state index contributed by atoms with van der Waals surface area (Å²) in [6.07, 6.45) is 6.66. The highest BCUT2D eigenvalue weighted by Gasteiger charge is 2.35. The Morgan fingerprint density at radius 3 is 1.82 bits per heavy atom. The molecule has 0 spiro atoms. The molecular weight excluding hydrogens is 463 g/mol. The minimum Gasteiger partial charge on any atom is -0.497 e. The predicted octanol–water partition coefficient (Wildman–Crippen LogP) is 4.08. The van der Waals surface area contributed by atoms with Crippen LogP contribution in [0.3, 0.4) is 0 Å². The second-order valence-electron chi connectivity index (χ2n) is 8.55. The molecule has 0 aromatic heterocycles. The number of rotatable bonds is 7. The number of nitrogens with one attached hydrogen (secondary N) is 1. The van der Waals surface area contributed by atoms with Crippen molar-refractivity contribution >= 4 is 17.6 Å². The molecule has 8 nitrogen and oxygen atoms in total. The fourth-order valence-corrected chi connectivity index (χ4v) is 6.53. The first-order valence-electron chi connectivity index (χ1n) is 11.0. The summed E-state index contributed by atoms with van der Waals surface area (Å²) in [7, 11) is -7.10. The minimum absolute atomic E-state index is 0.0612. The average Bonchev–Trinajstić information content (AvgIpc) is 2.78. The number of hydrogen-bond acceptors (Lipinski definition) is 5. The zero-order chi connectivity index (χ0) is 24.6. The highest BCUT2D eigenvalue weighted by Crippen LogP contribution is 2.43. The van der Waals surface area contributed by atoms with Gasteiger partial charge in [-0.1, -0.05) is 57.4 Å². The van der Waals surface area contributed by atoms with E-state index in [-0.39, 0.29) is 4.90 Å². The first-order valence-corrected chi connectivity index (χ1v) is 14.2. The maximum atomic E-state index is 12.5. The van der Waals surface area contributed by atoms with Crippen LogP contribution in [0.1, 0.15) is 46.0 Å². The molecule has 2 aromatic rings. The molecule has 1 saturated carbocycles. The molecule has 0 unspecified atom stereocenters. The first kappa shape index (κ1) is 27.5. The molecule has 3 rings (SSSR count).